The Morgan fingerprint density at radius 3 is 2.33 bits per heavy atom. The molecule has 0 heterocycles. The van der Waals surface area contributed by atoms with Crippen LogP contribution in [0.2, 0.25) is 0 Å². The van der Waals surface area contributed by atoms with Crippen molar-refractivity contribution in [2.75, 3.05) is 0 Å². The molecule has 2 bridgehead atoms. The number of rotatable bonds is 5. The Bertz CT molecular complexity index is 903. The summed E-state index contributed by atoms with van der Waals surface area (Å²) in [5.41, 5.74) is 8.68. The van der Waals surface area contributed by atoms with Crippen LogP contribution >= 0.6 is 0 Å². The summed E-state index contributed by atoms with van der Waals surface area (Å²) in [5.74, 6) is 1.30. The third-order valence-electron chi connectivity index (χ3n) is 6.21. The molecule has 2 atom stereocenters. The second-order valence-corrected chi connectivity index (χ2v) is 8.70. The van der Waals surface area contributed by atoms with Crippen LogP contribution in [0.25, 0.3) is 11.6 Å². The van der Waals surface area contributed by atoms with E-state index < -0.39 is 5.97 Å². The van der Waals surface area contributed by atoms with Crippen molar-refractivity contribution in [2.24, 2.45) is 5.92 Å². The molecule has 0 radical (unpaired) electrons. The molecular formula is C25H28O2. The van der Waals surface area contributed by atoms with Crippen LogP contribution in [0.15, 0.2) is 36.4 Å². The minimum atomic E-state index is -0.879. The SMILES string of the molecule is CC(=Cc1ccc(C(=O)O)cc1)c1cc2c(cc1CC(C)C)[C@H]1CC[C@@H]2C1. The van der Waals surface area contributed by atoms with Gasteiger partial charge < -0.3 is 5.11 Å². The van der Waals surface area contributed by atoms with Gasteiger partial charge in [0.1, 0.15) is 0 Å². The van der Waals surface area contributed by atoms with Crippen LogP contribution in [0.1, 0.15) is 90.0 Å². The van der Waals surface area contributed by atoms with E-state index in [0.717, 1.165) is 23.8 Å². The molecule has 2 aromatic rings. The van der Waals surface area contributed by atoms with Crippen molar-refractivity contribution < 1.29 is 9.90 Å². The first kappa shape index (κ1) is 18.0. The van der Waals surface area contributed by atoms with Crippen molar-refractivity contribution >= 4 is 17.6 Å². The molecule has 1 N–H and O–H groups in total. The van der Waals surface area contributed by atoms with Crippen LogP contribution in [0, 0.1) is 5.92 Å². The van der Waals surface area contributed by atoms with E-state index in [1.165, 1.54) is 36.0 Å². The lowest BCUT2D eigenvalue weighted by molar-refractivity contribution is 0.0697. The third kappa shape index (κ3) is 3.45. The normalized spacial score (nSPS) is 21.0. The fourth-order valence-electron chi connectivity index (χ4n) is 4.96. The zero-order valence-electron chi connectivity index (χ0n) is 16.5. The number of fused-ring (bicyclic) bond motifs is 5. The van der Waals surface area contributed by atoms with E-state index in [0.29, 0.717) is 11.5 Å². The second-order valence-electron chi connectivity index (χ2n) is 8.70. The van der Waals surface area contributed by atoms with E-state index in [2.05, 4.69) is 39.0 Å². The molecule has 1 saturated carbocycles. The quantitative estimate of drug-likeness (QED) is 0.617. The van der Waals surface area contributed by atoms with Crippen LogP contribution in [0.3, 0.4) is 0 Å². The predicted molar refractivity (Wildman–Crippen MR) is 111 cm³/mol. The van der Waals surface area contributed by atoms with Crippen molar-refractivity contribution in [3.8, 4) is 0 Å². The van der Waals surface area contributed by atoms with Gasteiger partial charge in [-0.1, -0.05) is 44.2 Å². The fourth-order valence-corrected chi connectivity index (χ4v) is 4.96. The standard InChI is InChI=1S/C25H28O2/c1-15(2)10-21-13-23-19-8-9-20(12-19)24(23)14-22(21)16(3)11-17-4-6-18(7-5-17)25(26)27/h4-7,11,13-15,19-20H,8-10,12H2,1-3H3,(H,26,27)/t19-,20+/m0/s1. The monoisotopic (exact) mass is 360 g/mol. The number of carbonyl (C=O) groups is 1. The van der Waals surface area contributed by atoms with Gasteiger partial charge in [0.15, 0.2) is 0 Å². The smallest absolute Gasteiger partial charge is 0.335 e. The molecule has 27 heavy (non-hydrogen) atoms. The number of hydrogen-bond acceptors (Lipinski definition) is 1. The predicted octanol–water partition coefficient (Wildman–Crippen LogP) is 6.51. The number of aromatic carboxylic acids is 1. The van der Waals surface area contributed by atoms with Crippen molar-refractivity contribution in [2.45, 2.75) is 58.3 Å². The molecule has 0 saturated heterocycles. The maximum absolute atomic E-state index is 11.1. The molecule has 140 valence electrons. The zero-order valence-corrected chi connectivity index (χ0v) is 16.5. The van der Waals surface area contributed by atoms with Crippen LogP contribution in [0.5, 0.6) is 0 Å². The van der Waals surface area contributed by atoms with E-state index in [1.807, 2.05) is 12.1 Å². The molecule has 0 amide bonds. The Balaban J connectivity index is 1.72. The maximum Gasteiger partial charge on any atom is 0.335 e. The molecule has 2 aromatic carbocycles. The minimum absolute atomic E-state index is 0.332. The van der Waals surface area contributed by atoms with Gasteiger partial charge in [0.05, 0.1) is 5.56 Å². The fraction of sp³-hybridized carbons (Fsp3) is 0.400. The topological polar surface area (TPSA) is 37.3 Å². The van der Waals surface area contributed by atoms with Crippen molar-refractivity contribution in [3.05, 3.63) is 69.8 Å². The van der Waals surface area contributed by atoms with Crippen LogP contribution in [-0.2, 0) is 6.42 Å². The molecule has 2 aliphatic carbocycles. The highest BCUT2D eigenvalue weighted by Gasteiger charge is 2.37. The second kappa shape index (κ2) is 6.99. The van der Waals surface area contributed by atoms with Gasteiger partial charge in [-0.05, 0) is 95.9 Å². The lowest BCUT2D eigenvalue weighted by Gasteiger charge is -2.21. The van der Waals surface area contributed by atoms with Crippen LogP contribution in [0.4, 0.5) is 0 Å². The summed E-state index contributed by atoms with van der Waals surface area (Å²) in [6, 6.07) is 12.1. The van der Waals surface area contributed by atoms with Crippen molar-refractivity contribution in [3.63, 3.8) is 0 Å². The Morgan fingerprint density at radius 1 is 1.11 bits per heavy atom. The van der Waals surface area contributed by atoms with Gasteiger partial charge in [-0.2, -0.15) is 0 Å². The van der Waals surface area contributed by atoms with Crippen molar-refractivity contribution in [1.29, 1.82) is 0 Å². The summed E-state index contributed by atoms with van der Waals surface area (Å²) in [7, 11) is 0. The molecule has 1 fully saturated rings. The number of allylic oxidation sites excluding steroid dienone is 1. The van der Waals surface area contributed by atoms with Gasteiger partial charge in [-0.15, -0.1) is 0 Å². The van der Waals surface area contributed by atoms with E-state index in [9.17, 15) is 4.79 Å². The lowest BCUT2D eigenvalue weighted by Crippen LogP contribution is -2.05. The first-order valence-corrected chi connectivity index (χ1v) is 10.1. The molecule has 0 aromatic heterocycles. The van der Waals surface area contributed by atoms with Gasteiger partial charge >= 0.3 is 5.97 Å². The summed E-state index contributed by atoms with van der Waals surface area (Å²) in [6.45, 7) is 6.75. The first-order valence-electron chi connectivity index (χ1n) is 10.1. The average Bonchev–Trinajstić information content (AvgIpc) is 3.23. The summed E-state index contributed by atoms with van der Waals surface area (Å²) < 4.78 is 0. The van der Waals surface area contributed by atoms with Gasteiger partial charge in [0.2, 0.25) is 0 Å². The van der Waals surface area contributed by atoms with Crippen molar-refractivity contribution in [1.82, 2.24) is 0 Å². The zero-order chi connectivity index (χ0) is 19.1. The highest BCUT2D eigenvalue weighted by atomic mass is 16.4. The number of benzene rings is 2. The van der Waals surface area contributed by atoms with E-state index in [4.69, 9.17) is 5.11 Å². The molecule has 2 heteroatoms. The molecular weight excluding hydrogens is 332 g/mol. The van der Waals surface area contributed by atoms with E-state index >= 15 is 0 Å². The third-order valence-corrected chi connectivity index (χ3v) is 6.21. The van der Waals surface area contributed by atoms with Crippen LogP contribution < -0.4 is 0 Å². The molecule has 0 unspecified atom stereocenters. The Kier molecular flexibility index (Phi) is 4.67. The summed E-state index contributed by atoms with van der Waals surface area (Å²) in [4.78, 5) is 11.1. The number of carboxylic acids is 1. The minimum Gasteiger partial charge on any atom is -0.478 e. The summed E-state index contributed by atoms with van der Waals surface area (Å²) >= 11 is 0. The lowest BCUT2D eigenvalue weighted by atomic mass is 9.84. The van der Waals surface area contributed by atoms with E-state index in [1.54, 1.807) is 23.3 Å². The number of hydrogen-bond donors (Lipinski definition) is 1. The maximum atomic E-state index is 11.1. The molecule has 0 spiro atoms. The highest BCUT2D eigenvalue weighted by molar-refractivity contribution is 5.88. The molecule has 4 rings (SSSR count). The largest absolute Gasteiger partial charge is 0.478 e. The first-order chi connectivity index (χ1) is 12.9. The molecule has 2 aliphatic rings. The average molecular weight is 360 g/mol. The summed E-state index contributed by atoms with van der Waals surface area (Å²) in [6.07, 6.45) is 7.34. The summed E-state index contributed by atoms with van der Waals surface area (Å²) in [5, 5.41) is 9.08. The highest BCUT2D eigenvalue weighted by Crippen LogP contribution is 2.54. The van der Waals surface area contributed by atoms with Gasteiger partial charge in [-0.3, -0.25) is 0 Å². The Hall–Kier alpha value is -2.35. The Morgan fingerprint density at radius 2 is 1.74 bits per heavy atom. The Labute approximate surface area is 161 Å². The van der Waals surface area contributed by atoms with Crippen LogP contribution in [-0.4, -0.2) is 11.1 Å². The van der Waals surface area contributed by atoms with E-state index in [-0.39, 0.29) is 0 Å². The number of carboxylic acid groups (broad SMARTS) is 1. The van der Waals surface area contributed by atoms with Gasteiger partial charge in [0.25, 0.3) is 0 Å². The van der Waals surface area contributed by atoms with Gasteiger partial charge in [-0.25, -0.2) is 4.79 Å². The molecule has 0 aliphatic heterocycles. The van der Waals surface area contributed by atoms with Gasteiger partial charge in [0, 0.05) is 0 Å². The molecule has 2 nitrogen and oxygen atoms in total.